The number of carbonyl (C=O) groups is 1. The smallest absolute Gasteiger partial charge is 0.307 e. The maximum Gasteiger partial charge on any atom is 0.307 e. The van der Waals surface area contributed by atoms with Gasteiger partial charge in [0.05, 0.1) is 5.92 Å². The molecule has 0 amide bonds. The van der Waals surface area contributed by atoms with Gasteiger partial charge in [-0.3, -0.25) is 4.79 Å². The highest BCUT2D eigenvalue weighted by atomic mass is 16.4. The first kappa shape index (κ1) is 7.58. The minimum atomic E-state index is -0.615. The van der Waals surface area contributed by atoms with Crippen molar-refractivity contribution in [1.29, 1.82) is 0 Å². The fourth-order valence-electron chi connectivity index (χ4n) is 1.64. The average molecular weight is 142 g/mol. The molecule has 2 unspecified atom stereocenters. The second-order valence-corrected chi connectivity index (χ2v) is 3.50. The lowest BCUT2D eigenvalue weighted by molar-refractivity contribution is -0.139. The third kappa shape index (κ3) is 1.15. The summed E-state index contributed by atoms with van der Waals surface area (Å²) in [4.78, 5) is 10.5. The molecule has 10 heavy (non-hydrogen) atoms. The van der Waals surface area contributed by atoms with E-state index in [-0.39, 0.29) is 11.3 Å². The molecule has 1 aliphatic rings. The SMILES string of the molecule is CCCC1(C)CC1C(=O)O. The minimum Gasteiger partial charge on any atom is -0.481 e. The van der Waals surface area contributed by atoms with E-state index < -0.39 is 5.97 Å². The Morgan fingerprint density at radius 2 is 2.40 bits per heavy atom. The van der Waals surface area contributed by atoms with Gasteiger partial charge in [0.25, 0.3) is 0 Å². The lowest BCUT2D eigenvalue weighted by Gasteiger charge is -2.05. The van der Waals surface area contributed by atoms with Gasteiger partial charge in [-0.15, -0.1) is 0 Å². The Bertz CT molecular complexity index is 153. The molecule has 0 aliphatic heterocycles. The predicted molar refractivity (Wildman–Crippen MR) is 38.8 cm³/mol. The van der Waals surface area contributed by atoms with Gasteiger partial charge in [-0.2, -0.15) is 0 Å². The van der Waals surface area contributed by atoms with Crippen LogP contribution in [0.25, 0.3) is 0 Å². The zero-order valence-electron chi connectivity index (χ0n) is 6.55. The molecular formula is C8H14O2. The van der Waals surface area contributed by atoms with E-state index in [1.165, 1.54) is 0 Å². The van der Waals surface area contributed by atoms with Crippen molar-refractivity contribution >= 4 is 5.97 Å². The Morgan fingerprint density at radius 3 is 2.70 bits per heavy atom. The van der Waals surface area contributed by atoms with Crippen molar-refractivity contribution in [2.45, 2.75) is 33.1 Å². The Balaban J connectivity index is 2.40. The molecular weight excluding hydrogens is 128 g/mol. The quantitative estimate of drug-likeness (QED) is 0.653. The zero-order valence-corrected chi connectivity index (χ0v) is 6.55. The number of hydrogen-bond donors (Lipinski definition) is 1. The zero-order chi connectivity index (χ0) is 7.78. The highest BCUT2D eigenvalue weighted by Gasteiger charge is 2.53. The van der Waals surface area contributed by atoms with Gasteiger partial charge in [0.1, 0.15) is 0 Å². The summed E-state index contributed by atoms with van der Waals surface area (Å²) < 4.78 is 0. The molecule has 0 aromatic heterocycles. The highest BCUT2D eigenvalue weighted by molar-refractivity contribution is 5.74. The van der Waals surface area contributed by atoms with Gasteiger partial charge in [0.2, 0.25) is 0 Å². The fraction of sp³-hybridized carbons (Fsp3) is 0.875. The molecule has 2 atom stereocenters. The Kier molecular flexibility index (Phi) is 1.71. The molecule has 0 heterocycles. The first-order valence-electron chi connectivity index (χ1n) is 3.83. The van der Waals surface area contributed by atoms with Gasteiger partial charge < -0.3 is 5.11 Å². The Hall–Kier alpha value is -0.530. The van der Waals surface area contributed by atoms with Gasteiger partial charge in [-0.05, 0) is 18.3 Å². The summed E-state index contributed by atoms with van der Waals surface area (Å²) in [5.74, 6) is -0.664. The third-order valence-corrected chi connectivity index (χ3v) is 2.47. The monoisotopic (exact) mass is 142 g/mol. The molecule has 2 nitrogen and oxygen atoms in total. The molecule has 58 valence electrons. The van der Waals surface area contributed by atoms with E-state index >= 15 is 0 Å². The van der Waals surface area contributed by atoms with Crippen LogP contribution in [0.15, 0.2) is 0 Å². The second kappa shape index (κ2) is 2.26. The number of hydrogen-bond acceptors (Lipinski definition) is 1. The van der Waals surface area contributed by atoms with Crippen LogP contribution < -0.4 is 0 Å². The molecule has 0 spiro atoms. The molecule has 0 bridgehead atoms. The van der Waals surface area contributed by atoms with Gasteiger partial charge in [-0.25, -0.2) is 0 Å². The molecule has 1 aliphatic carbocycles. The van der Waals surface area contributed by atoms with Gasteiger partial charge in [0, 0.05) is 0 Å². The first-order valence-corrected chi connectivity index (χ1v) is 3.83. The molecule has 2 heteroatoms. The Morgan fingerprint density at radius 1 is 1.80 bits per heavy atom. The number of aliphatic carboxylic acids is 1. The van der Waals surface area contributed by atoms with Gasteiger partial charge >= 0.3 is 5.97 Å². The predicted octanol–water partition coefficient (Wildman–Crippen LogP) is 1.90. The number of rotatable bonds is 3. The standard InChI is InChI=1S/C8H14O2/c1-3-4-8(2)5-6(8)7(9)10/h6H,3-5H2,1-2H3,(H,9,10). The third-order valence-electron chi connectivity index (χ3n) is 2.47. The van der Waals surface area contributed by atoms with Crippen molar-refractivity contribution in [1.82, 2.24) is 0 Å². The van der Waals surface area contributed by atoms with Crippen molar-refractivity contribution in [3.63, 3.8) is 0 Å². The molecule has 0 aromatic rings. The highest BCUT2D eigenvalue weighted by Crippen LogP contribution is 2.55. The van der Waals surface area contributed by atoms with E-state index in [9.17, 15) is 4.79 Å². The van der Waals surface area contributed by atoms with E-state index in [1.54, 1.807) is 0 Å². The normalized spacial score (nSPS) is 37.6. The largest absolute Gasteiger partial charge is 0.481 e. The van der Waals surface area contributed by atoms with E-state index in [2.05, 4.69) is 13.8 Å². The van der Waals surface area contributed by atoms with Crippen molar-refractivity contribution in [3.8, 4) is 0 Å². The lowest BCUT2D eigenvalue weighted by Crippen LogP contribution is -2.06. The number of carboxylic acid groups (broad SMARTS) is 1. The van der Waals surface area contributed by atoms with Gasteiger partial charge in [0.15, 0.2) is 0 Å². The summed E-state index contributed by atoms with van der Waals surface area (Å²) in [7, 11) is 0. The van der Waals surface area contributed by atoms with Crippen molar-refractivity contribution in [2.24, 2.45) is 11.3 Å². The molecule has 1 saturated carbocycles. The minimum absolute atomic E-state index is 0.0487. The first-order chi connectivity index (χ1) is 4.60. The molecule has 1 fully saturated rings. The van der Waals surface area contributed by atoms with Crippen LogP contribution in [-0.2, 0) is 4.79 Å². The maximum atomic E-state index is 10.5. The molecule has 0 saturated heterocycles. The summed E-state index contributed by atoms with van der Waals surface area (Å²) in [6.45, 7) is 4.16. The van der Waals surface area contributed by atoms with Crippen LogP contribution in [-0.4, -0.2) is 11.1 Å². The van der Waals surface area contributed by atoms with Crippen LogP contribution in [0.5, 0.6) is 0 Å². The average Bonchev–Trinajstić information content (AvgIpc) is 2.43. The van der Waals surface area contributed by atoms with E-state index in [0.717, 1.165) is 19.3 Å². The fourth-order valence-corrected chi connectivity index (χ4v) is 1.64. The molecule has 0 aromatic carbocycles. The van der Waals surface area contributed by atoms with Crippen molar-refractivity contribution < 1.29 is 9.90 Å². The maximum absolute atomic E-state index is 10.5. The molecule has 1 N–H and O–H groups in total. The van der Waals surface area contributed by atoms with E-state index in [4.69, 9.17) is 5.11 Å². The van der Waals surface area contributed by atoms with Crippen LogP contribution in [0.3, 0.4) is 0 Å². The topological polar surface area (TPSA) is 37.3 Å². The van der Waals surface area contributed by atoms with Crippen LogP contribution in [0.1, 0.15) is 33.1 Å². The second-order valence-electron chi connectivity index (χ2n) is 3.50. The summed E-state index contributed by atoms with van der Waals surface area (Å²) in [5, 5.41) is 8.62. The van der Waals surface area contributed by atoms with Crippen molar-refractivity contribution in [2.75, 3.05) is 0 Å². The molecule has 0 radical (unpaired) electrons. The van der Waals surface area contributed by atoms with E-state index in [0.29, 0.717) is 0 Å². The summed E-state index contributed by atoms with van der Waals surface area (Å²) >= 11 is 0. The van der Waals surface area contributed by atoms with Gasteiger partial charge in [-0.1, -0.05) is 20.3 Å². The summed E-state index contributed by atoms with van der Waals surface area (Å²) in [6, 6.07) is 0. The Labute approximate surface area is 61.2 Å². The molecule has 1 rings (SSSR count). The van der Waals surface area contributed by atoms with E-state index in [1.807, 2.05) is 0 Å². The number of carboxylic acids is 1. The lowest BCUT2D eigenvalue weighted by atomic mass is 10.0. The van der Waals surface area contributed by atoms with Crippen LogP contribution in [0.2, 0.25) is 0 Å². The van der Waals surface area contributed by atoms with Crippen LogP contribution >= 0.6 is 0 Å². The van der Waals surface area contributed by atoms with Crippen LogP contribution in [0.4, 0.5) is 0 Å². The van der Waals surface area contributed by atoms with Crippen LogP contribution in [0, 0.1) is 11.3 Å². The summed E-state index contributed by atoms with van der Waals surface area (Å²) in [6.07, 6.45) is 3.04. The summed E-state index contributed by atoms with van der Waals surface area (Å²) in [5.41, 5.74) is 0.139. The van der Waals surface area contributed by atoms with Crippen molar-refractivity contribution in [3.05, 3.63) is 0 Å².